The van der Waals surface area contributed by atoms with Crippen molar-refractivity contribution in [2.24, 2.45) is 0 Å². The monoisotopic (exact) mass is 1020 g/mol. The third kappa shape index (κ3) is 11.0. The summed E-state index contributed by atoms with van der Waals surface area (Å²) in [4.78, 5) is 45.1. The molecule has 3 N–H and O–H groups in total. The number of imide groups is 1. The zero-order chi connectivity index (χ0) is 48.3. The second-order valence-electron chi connectivity index (χ2n) is 18.2. The molecule has 5 aromatic rings. The fourth-order valence-corrected chi connectivity index (χ4v) is 11.6. The highest BCUT2D eigenvalue weighted by atomic mass is 79.9. The van der Waals surface area contributed by atoms with E-state index >= 15 is 13.2 Å². The van der Waals surface area contributed by atoms with Crippen molar-refractivity contribution in [2.75, 3.05) is 81.3 Å². The molecule has 1 atom stereocenters. The fourth-order valence-electron chi connectivity index (χ4n) is 9.89. The molecule has 0 unspecified atom stereocenters. The first-order valence-corrected chi connectivity index (χ1v) is 27.1. The van der Waals surface area contributed by atoms with E-state index < -0.39 is 42.3 Å². The van der Waals surface area contributed by atoms with E-state index in [4.69, 9.17) is 9.72 Å². The highest BCUT2D eigenvalue weighted by Crippen LogP contribution is 2.43. The van der Waals surface area contributed by atoms with Gasteiger partial charge in [-0.3, -0.25) is 19.8 Å². The Morgan fingerprint density at radius 1 is 0.868 bits per heavy atom. The minimum Gasteiger partial charge on any atom is -0.492 e. The van der Waals surface area contributed by atoms with Crippen LogP contribution in [0.4, 0.5) is 42.0 Å². The molecular formula is C50H60BrF3N9O4P. The fraction of sp³-hybridized carbons (Fsp3) is 0.460. The Morgan fingerprint density at radius 3 is 2.26 bits per heavy atom. The molecule has 18 heteroatoms. The number of carbonyl (C=O) groups excluding carboxylic acids is 2. The van der Waals surface area contributed by atoms with Gasteiger partial charge in [-0.05, 0) is 123 Å². The van der Waals surface area contributed by atoms with Gasteiger partial charge in [0.25, 0.3) is 0 Å². The first kappa shape index (κ1) is 49.3. The lowest BCUT2D eigenvalue weighted by molar-refractivity contribution is -0.134. The van der Waals surface area contributed by atoms with Gasteiger partial charge in [0.1, 0.15) is 35.9 Å². The summed E-state index contributed by atoms with van der Waals surface area (Å²) in [5.41, 5.74) is 4.62. The number of pyridine rings is 1. The van der Waals surface area contributed by atoms with Crippen molar-refractivity contribution >= 4 is 79.9 Å². The number of nitrogens with zero attached hydrogens (tertiary/aromatic N) is 6. The molecule has 68 heavy (non-hydrogen) atoms. The number of fused-ring (bicyclic) bond motifs is 1. The van der Waals surface area contributed by atoms with Crippen LogP contribution < -0.4 is 30.9 Å². The van der Waals surface area contributed by atoms with Crippen molar-refractivity contribution in [1.82, 2.24) is 30.1 Å². The molecule has 2 aromatic heterocycles. The van der Waals surface area contributed by atoms with E-state index in [1.54, 1.807) is 25.6 Å². The van der Waals surface area contributed by atoms with Crippen LogP contribution in [0.25, 0.3) is 10.9 Å². The quantitative estimate of drug-likeness (QED) is 0.0641. The lowest BCUT2D eigenvalue weighted by atomic mass is 9.88. The number of benzene rings is 3. The molecule has 0 saturated carbocycles. The van der Waals surface area contributed by atoms with E-state index in [1.165, 1.54) is 18.2 Å². The summed E-state index contributed by atoms with van der Waals surface area (Å²) >= 11 is 3.56. The van der Waals surface area contributed by atoms with Gasteiger partial charge in [-0.2, -0.15) is 4.98 Å². The summed E-state index contributed by atoms with van der Waals surface area (Å²) in [5, 5.41) is 9.81. The van der Waals surface area contributed by atoms with Gasteiger partial charge in [0.2, 0.25) is 17.8 Å². The van der Waals surface area contributed by atoms with Crippen molar-refractivity contribution in [3.63, 3.8) is 0 Å². The van der Waals surface area contributed by atoms with Gasteiger partial charge in [0.15, 0.2) is 5.82 Å². The number of hydrogen-bond donors (Lipinski definition) is 3. The van der Waals surface area contributed by atoms with E-state index in [-0.39, 0.29) is 23.9 Å². The predicted octanol–water partition coefficient (Wildman–Crippen LogP) is 9.20. The van der Waals surface area contributed by atoms with Crippen molar-refractivity contribution < 1.29 is 32.1 Å². The average molecular weight is 1020 g/mol. The number of aromatic nitrogens is 3. The van der Waals surface area contributed by atoms with Crippen LogP contribution in [0.1, 0.15) is 81.2 Å². The number of halogens is 4. The van der Waals surface area contributed by atoms with Crippen molar-refractivity contribution in [3.8, 4) is 5.75 Å². The van der Waals surface area contributed by atoms with Crippen LogP contribution in [-0.2, 0) is 33.4 Å². The van der Waals surface area contributed by atoms with Gasteiger partial charge in [-0.1, -0.05) is 19.9 Å². The van der Waals surface area contributed by atoms with Crippen molar-refractivity contribution in [3.05, 3.63) is 93.0 Å². The second kappa shape index (κ2) is 21.3. The largest absolute Gasteiger partial charge is 0.492 e. The van der Waals surface area contributed by atoms with Crippen LogP contribution in [0.5, 0.6) is 5.75 Å². The normalized spacial score (nSPS) is 17.7. The van der Waals surface area contributed by atoms with Crippen LogP contribution in [0, 0.1) is 17.5 Å². The van der Waals surface area contributed by atoms with Crippen LogP contribution in [0.2, 0.25) is 0 Å². The van der Waals surface area contributed by atoms with Gasteiger partial charge in [-0.25, -0.2) is 23.1 Å². The molecular weight excluding hydrogens is 958 g/mol. The molecule has 0 bridgehead atoms. The molecule has 3 aromatic carbocycles. The molecule has 3 saturated heterocycles. The number of carbonyl (C=O) groups is 2. The van der Waals surface area contributed by atoms with E-state index in [2.05, 4.69) is 75.6 Å². The Balaban J connectivity index is 0.874. The molecule has 3 aliphatic heterocycles. The number of piperazine rings is 1. The Morgan fingerprint density at radius 2 is 1.60 bits per heavy atom. The highest BCUT2D eigenvalue weighted by Gasteiger charge is 2.33. The van der Waals surface area contributed by atoms with Gasteiger partial charge < -0.3 is 29.7 Å². The number of amides is 2. The molecule has 2 amide bonds. The van der Waals surface area contributed by atoms with Gasteiger partial charge >= 0.3 is 0 Å². The van der Waals surface area contributed by atoms with Crippen LogP contribution >= 0.6 is 23.1 Å². The van der Waals surface area contributed by atoms with Gasteiger partial charge in [0, 0.05) is 97.7 Å². The molecule has 13 nitrogen and oxygen atoms in total. The Labute approximate surface area is 404 Å². The lowest BCUT2D eigenvalue weighted by Crippen LogP contribution is -2.53. The van der Waals surface area contributed by atoms with E-state index in [0.29, 0.717) is 69.4 Å². The van der Waals surface area contributed by atoms with E-state index in [0.717, 1.165) is 94.1 Å². The first-order chi connectivity index (χ1) is 32.6. The van der Waals surface area contributed by atoms with E-state index in [9.17, 15) is 14.2 Å². The lowest BCUT2D eigenvalue weighted by Gasteiger charge is -2.43. The maximum Gasteiger partial charge on any atom is 0.234 e. The van der Waals surface area contributed by atoms with Gasteiger partial charge in [0.05, 0.1) is 28.4 Å². The first-order valence-electron chi connectivity index (χ1n) is 23.7. The molecule has 0 aliphatic carbocycles. The topological polar surface area (TPSA) is 145 Å². The number of anilines is 5. The number of aryl methyl sites for hydroxylation is 3. The number of rotatable bonds is 16. The zero-order valence-corrected chi connectivity index (χ0v) is 41.8. The van der Waals surface area contributed by atoms with Crippen molar-refractivity contribution in [2.45, 2.75) is 84.1 Å². The smallest absolute Gasteiger partial charge is 0.234 e. The number of piperidine rings is 2. The minimum atomic E-state index is -2.93. The van der Waals surface area contributed by atoms with E-state index in [1.807, 2.05) is 19.9 Å². The molecule has 8 rings (SSSR count). The standard InChI is InChI=1S/C50H60BrF3N9O4P/c1-6-31-26-40(58-50-55-29-36(51)48(60-50)57-41-27-39(54)46-35(47(41)68(4,5)66)12-11-32(7-2)56-46)43(67-8-3)28-42(31)63-18-15-33(16-19-63)62-22-20-61(21-23-62)17-9-10-30-24-37(52)45(38(53)25-30)34-13-14-44(64)59-49(34)65/h11-12,24-29,33-34H,6-10,13-23H2,1-5H3,(H,59,64,65)(H2,55,57,58,60)/t34-/m1/s1. The predicted molar refractivity (Wildman–Crippen MR) is 267 cm³/mol. The van der Waals surface area contributed by atoms with Crippen molar-refractivity contribution in [1.29, 1.82) is 0 Å². The maximum atomic E-state index is 15.6. The van der Waals surface area contributed by atoms with Gasteiger partial charge in [-0.15, -0.1) is 0 Å². The minimum absolute atomic E-state index is 0.0622. The summed E-state index contributed by atoms with van der Waals surface area (Å²) in [6.07, 6.45) is 6.58. The maximum absolute atomic E-state index is 15.6. The Kier molecular flexibility index (Phi) is 15.4. The molecule has 0 radical (unpaired) electrons. The van der Waals surface area contributed by atoms with Crippen LogP contribution in [-0.4, -0.2) is 108 Å². The number of hydrogen-bond acceptors (Lipinski definition) is 12. The molecule has 3 aliphatic rings. The zero-order valence-electron chi connectivity index (χ0n) is 39.4. The third-order valence-electron chi connectivity index (χ3n) is 13.4. The number of ether oxygens (including phenoxy) is 1. The highest BCUT2D eigenvalue weighted by molar-refractivity contribution is 9.10. The summed E-state index contributed by atoms with van der Waals surface area (Å²) in [7, 11) is -2.93. The molecule has 0 spiro atoms. The van der Waals surface area contributed by atoms with Crippen LogP contribution in [0.3, 0.4) is 0 Å². The third-order valence-corrected chi connectivity index (χ3v) is 15.5. The average Bonchev–Trinajstić information content (AvgIpc) is 3.31. The SMILES string of the molecule is CCOc1cc(N2CCC(N3CCN(CCCc4cc(F)c([C@H]5CCC(=O)NC5=O)c(F)c4)CC3)CC2)c(CC)cc1Nc1ncc(Br)c(Nc2cc(F)c3nc(CC)ccc3c2P(C)(C)=O)n1. The summed E-state index contributed by atoms with van der Waals surface area (Å²) in [5.74, 6) is -2.71. The summed E-state index contributed by atoms with van der Waals surface area (Å²) in [6.45, 7) is 16.3. The second-order valence-corrected chi connectivity index (χ2v) is 22.2. The Hall–Kier alpha value is -5.09. The summed E-state index contributed by atoms with van der Waals surface area (Å²) in [6, 6.07) is 12.3. The molecule has 5 heterocycles. The van der Waals surface area contributed by atoms with Crippen LogP contribution in [0.15, 0.2) is 53.1 Å². The summed E-state index contributed by atoms with van der Waals surface area (Å²) < 4.78 is 66.3. The molecule has 362 valence electrons. The molecule has 3 fully saturated rings. The number of nitrogens with one attached hydrogen (secondary N) is 3. The Bertz CT molecular complexity index is 2720.